The van der Waals surface area contributed by atoms with Crippen LogP contribution in [0.25, 0.3) is 0 Å². The number of thioether (sulfide) groups is 1. The molecule has 0 aliphatic rings. The van der Waals surface area contributed by atoms with E-state index in [0.717, 1.165) is 5.75 Å². The van der Waals surface area contributed by atoms with E-state index >= 15 is 0 Å². The Labute approximate surface area is 98.0 Å². The summed E-state index contributed by atoms with van der Waals surface area (Å²) in [5.74, 6) is 0.935. The maximum atomic E-state index is 13.4. The van der Waals surface area contributed by atoms with Gasteiger partial charge in [-0.25, -0.2) is 4.39 Å². The number of benzene rings is 1. The molecule has 0 amide bonds. The lowest BCUT2D eigenvalue weighted by Gasteiger charge is -2.06. The highest BCUT2D eigenvalue weighted by atomic mass is 32.2. The third kappa shape index (κ3) is 3.68. The highest BCUT2D eigenvalue weighted by Crippen LogP contribution is 2.16. The van der Waals surface area contributed by atoms with Gasteiger partial charge in [0.25, 0.3) is 0 Å². The summed E-state index contributed by atoms with van der Waals surface area (Å²) in [6.45, 7) is 0.563. The summed E-state index contributed by atoms with van der Waals surface area (Å²) in [6, 6.07) is 4.50. The maximum absolute atomic E-state index is 13.4. The summed E-state index contributed by atoms with van der Waals surface area (Å²) < 4.78 is 18.7. The average molecular weight is 245 g/mol. The zero-order valence-electron chi connectivity index (χ0n) is 8.33. The van der Waals surface area contributed by atoms with Crippen molar-refractivity contribution in [3.8, 4) is 5.75 Å². The number of hydrogen-bond acceptors (Lipinski definition) is 3. The van der Waals surface area contributed by atoms with E-state index in [4.69, 9.17) is 22.7 Å². The van der Waals surface area contributed by atoms with Crippen molar-refractivity contribution in [1.82, 2.24) is 0 Å². The predicted molar refractivity (Wildman–Crippen MR) is 66.2 cm³/mol. The second-order valence-electron chi connectivity index (χ2n) is 2.85. The Morgan fingerprint density at radius 1 is 1.60 bits per heavy atom. The van der Waals surface area contributed by atoms with Gasteiger partial charge in [0.2, 0.25) is 0 Å². The standard InChI is InChI=1S/C10H12FNOS2/c1-15-5-4-13-7-2-3-8(10(12)14)9(11)6-7/h2-3,6H,4-5H2,1H3,(H2,12,14). The Balaban J connectivity index is 2.69. The molecule has 0 atom stereocenters. The van der Waals surface area contributed by atoms with Gasteiger partial charge in [-0.15, -0.1) is 0 Å². The fourth-order valence-electron chi connectivity index (χ4n) is 1.03. The zero-order valence-corrected chi connectivity index (χ0v) is 9.96. The van der Waals surface area contributed by atoms with Crippen LogP contribution in [-0.4, -0.2) is 23.6 Å². The minimum atomic E-state index is -0.441. The van der Waals surface area contributed by atoms with E-state index in [9.17, 15) is 4.39 Å². The number of ether oxygens (including phenoxy) is 1. The summed E-state index contributed by atoms with van der Waals surface area (Å²) in [4.78, 5) is 0.0585. The van der Waals surface area contributed by atoms with Crippen LogP contribution in [0.15, 0.2) is 18.2 Å². The minimum Gasteiger partial charge on any atom is -0.493 e. The van der Waals surface area contributed by atoms with Crippen molar-refractivity contribution >= 4 is 29.0 Å². The largest absolute Gasteiger partial charge is 0.493 e. The van der Waals surface area contributed by atoms with E-state index in [-0.39, 0.29) is 10.6 Å². The van der Waals surface area contributed by atoms with Gasteiger partial charge < -0.3 is 10.5 Å². The topological polar surface area (TPSA) is 35.2 Å². The summed E-state index contributed by atoms with van der Waals surface area (Å²) in [5.41, 5.74) is 5.59. The van der Waals surface area contributed by atoms with Gasteiger partial charge in [-0.1, -0.05) is 12.2 Å². The number of rotatable bonds is 5. The molecular formula is C10H12FNOS2. The van der Waals surface area contributed by atoms with E-state index in [1.807, 2.05) is 6.26 Å². The fraction of sp³-hybridized carbons (Fsp3) is 0.300. The van der Waals surface area contributed by atoms with Crippen LogP contribution in [0.1, 0.15) is 5.56 Å². The Morgan fingerprint density at radius 3 is 2.87 bits per heavy atom. The molecule has 1 aromatic carbocycles. The van der Waals surface area contributed by atoms with Gasteiger partial charge in [-0.3, -0.25) is 0 Å². The van der Waals surface area contributed by atoms with Crippen LogP contribution in [0.4, 0.5) is 4.39 Å². The second kappa shape index (κ2) is 5.92. The van der Waals surface area contributed by atoms with Crippen molar-refractivity contribution in [2.24, 2.45) is 5.73 Å². The number of hydrogen-bond donors (Lipinski definition) is 1. The van der Waals surface area contributed by atoms with Gasteiger partial charge in [0.05, 0.1) is 6.61 Å². The first-order chi connectivity index (χ1) is 7.15. The Hall–Kier alpha value is -0.810. The van der Waals surface area contributed by atoms with Crippen LogP contribution < -0.4 is 10.5 Å². The molecule has 1 aromatic rings. The van der Waals surface area contributed by atoms with Crippen molar-refractivity contribution in [1.29, 1.82) is 0 Å². The molecule has 0 aromatic heterocycles. The molecule has 0 unspecified atom stereocenters. The van der Waals surface area contributed by atoms with Crippen LogP contribution >= 0.6 is 24.0 Å². The minimum absolute atomic E-state index is 0.0585. The molecule has 0 spiro atoms. The summed E-state index contributed by atoms with van der Waals surface area (Å²) in [5, 5.41) is 0. The van der Waals surface area contributed by atoms with E-state index < -0.39 is 5.82 Å². The monoisotopic (exact) mass is 245 g/mol. The first kappa shape index (κ1) is 12.3. The van der Waals surface area contributed by atoms with E-state index in [1.165, 1.54) is 12.1 Å². The molecule has 0 saturated heterocycles. The SMILES string of the molecule is CSCCOc1ccc(C(N)=S)c(F)c1. The van der Waals surface area contributed by atoms with Crippen LogP contribution in [0.5, 0.6) is 5.75 Å². The second-order valence-corrected chi connectivity index (χ2v) is 4.27. The quantitative estimate of drug-likeness (QED) is 0.637. The first-order valence-electron chi connectivity index (χ1n) is 4.36. The highest BCUT2D eigenvalue weighted by molar-refractivity contribution is 7.98. The number of nitrogens with two attached hydrogens (primary N) is 1. The van der Waals surface area contributed by atoms with Gasteiger partial charge in [0.15, 0.2) is 0 Å². The summed E-state index contributed by atoms with van der Waals surface area (Å²) in [7, 11) is 0. The molecule has 0 saturated carbocycles. The molecule has 2 N–H and O–H groups in total. The fourth-order valence-corrected chi connectivity index (χ4v) is 1.44. The molecule has 82 valence electrons. The average Bonchev–Trinajstić information content (AvgIpc) is 2.17. The lowest BCUT2D eigenvalue weighted by Crippen LogP contribution is -2.11. The molecule has 5 heteroatoms. The van der Waals surface area contributed by atoms with Crippen LogP contribution in [-0.2, 0) is 0 Å². The van der Waals surface area contributed by atoms with Crippen molar-refractivity contribution in [2.45, 2.75) is 0 Å². The highest BCUT2D eigenvalue weighted by Gasteiger charge is 2.06. The Bertz CT molecular complexity index is 357. The van der Waals surface area contributed by atoms with Crippen molar-refractivity contribution in [3.63, 3.8) is 0 Å². The third-order valence-electron chi connectivity index (χ3n) is 1.76. The van der Waals surface area contributed by atoms with Gasteiger partial charge in [-0.2, -0.15) is 11.8 Å². The van der Waals surface area contributed by atoms with Crippen molar-refractivity contribution in [3.05, 3.63) is 29.6 Å². The smallest absolute Gasteiger partial charge is 0.137 e. The maximum Gasteiger partial charge on any atom is 0.137 e. The lowest BCUT2D eigenvalue weighted by atomic mass is 10.2. The molecule has 2 nitrogen and oxygen atoms in total. The Morgan fingerprint density at radius 2 is 2.33 bits per heavy atom. The Kier molecular flexibility index (Phi) is 4.84. The molecule has 0 radical (unpaired) electrons. The van der Waals surface area contributed by atoms with Gasteiger partial charge in [0, 0.05) is 17.4 Å². The van der Waals surface area contributed by atoms with Crippen molar-refractivity contribution < 1.29 is 9.13 Å². The molecular weight excluding hydrogens is 233 g/mol. The molecule has 0 aliphatic carbocycles. The zero-order chi connectivity index (χ0) is 11.3. The predicted octanol–water partition coefficient (Wildman–Crippen LogP) is 2.20. The molecule has 0 aliphatic heterocycles. The summed E-state index contributed by atoms with van der Waals surface area (Å²) >= 11 is 6.37. The van der Waals surface area contributed by atoms with Crippen LogP contribution in [0.2, 0.25) is 0 Å². The molecule has 0 fully saturated rings. The van der Waals surface area contributed by atoms with Gasteiger partial charge in [0.1, 0.15) is 16.6 Å². The van der Waals surface area contributed by atoms with E-state index in [2.05, 4.69) is 0 Å². The summed E-state index contributed by atoms with van der Waals surface area (Å²) in [6.07, 6.45) is 1.99. The number of thiocarbonyl (C=S) groups is 1. The van der Waals surface area contributed by atoms with Crippen LogP contribution in [0, 0.1) is 5.82 Å². The normalized spacial score (nSPS) is 10.0. The van der Waals surface area contributed by atoms with E-state index in [0.29, 0.717) is 12.4 Å². The van der Waals surface area contributed by atoms with Crippen LogP contribution in [0.3, 0.4) is 0 Å². The number of halogens is 1. The molecule has 0 bridgehead atoms. The molecule has 0 heterocycles. The molecule has 15 heavy (non-hydrogen) atoms. The van der Waals surface area contributed by atoms with Crippen molar-refractivity contribution in [2.75, 3.05) is 18.6 Å². The first-order valence-corrected chi connectivity index (χ1v) is 6.16. The lowest BCUT2D eigenvalue weighted by molar-refractivity contribution is 0.342. The third-order valence-corrected chi connectivity index (χ3v) is 2.56. The van der Waals surface area contributed by atoms with Gasteiger partial charge in [-0.05, 0) is 18.4 Å². The van der Waals surface area contributed by atoms with Gasteiger partial charge >= 0.3 is 0 Å². The van der Waals surface area contributed by atoms with E-state index in [1.54, 1.807) is 17.8 Å². The molecule has 1 rings (SSSR count).